The van der Waals surface area contributed by atoms with Gasteiger partial charge in [-0.25, -0.2) is 0 Å². The summed E-state index contributed by atoms with van der Waals surface area (Å²) in [5.41, 5.74) is 0. The van der Waals surface area contributed by atoms with E-state index in [1.807, 2.05) is 54.6 Å². The zero-order valence-corrected chi connectivity index (χ0v) is 20.5. The van der Waals surface area contributed by atoms with E-state index < -0.39 is 35.5 Å². The first-order valence-corrected chi connectivity index (χ1v) is 15.7. The summed E-state index contributed by atoms with van der Waals surface area (Å²) in [6.45, 7) is -0.296. The van der Waals surface area contributed by atoms with Crippen molar-refractivity contribution in [3.63, 3.8) is 0 Å². The quantitative estimate of drug-likeness (QED) is 0.148. The van der Waals surface area contributed by atoms with Crippen LogP contribution in [0.4, 0.5) is 0 Å². The Bertz CT molecular complexity index is 891. The van der Waals surface area contributed by atoms with Crippen molar-refractivity contribution in [3.05, 3.63) is 101 Å². The van der Waals surface area contributed by atoms with E-state index in [1.165, 1.54) is 0 Å². The maximum atomic E-state index is 11.3. The average Bonchev–Trinajstić information content (AvgIpc) is 2.80. The van der Waals surface area contributed by atoms with E-state index in [-0.39, 0.29) is 13.2 Å². The summed E-state index contributed by atoms with van der Waals surface area (Å²) in [5.74, 6) is 0. The van der Waals surface area contributed by atoms with Crippen LogP contribution < -0.4 is 10.7 Å². The molecular formula is C21H19BBrNO5Sn. The van der Waals surface area contributed by atoms with Gasteiger partial charge in [0, 0.05) is 0 Å². The SMILES string of the molecule is O=[N+]([O-])C1(Br)COB([O][Sn]([c]2ccccc2)([c]2ccccc2)[c]2ccccc2)OC1. The normalized spacial score (nSPS) is 16.2. The molecule has 152 valence electrons. The fourth-order valence-corrected chi connectivity index (χ4v) is 14.7. The van der Waals surface area contributed by atoms with Crippen LogP contribution in [0, 0.1) is 10.1 Å². The van der Waals surface area contributed by atoms with Gasteiger partial charge >= 0.3 is 189 Å². The Labute approximate surface area is 188 Å². The molecule has 0 aromatic heterocycles. The van der Waals surface area contributed by atoms with Gasteiger partial charge in [-0.3, -0.25) is 0 Å². The van der Waals surface area contributed by atoms with Gasteiger partial charge < -0.3 is 0 Å². The van der Waals surface area contributed by atoms with Gasteiger partial charge in [-0.05, 0) is 0 Å². The molecule has 0 saturated carbocycles. The fourth-order valence-electron chi connectivity index (χ4n) is 3.52. The molecule has 1 aliphatic heterocycles. The van der Waals surface area contributed by atoms with E-state index in [2.05, 4.69) is 52.3 Å². The molecule has 1 aliphatic rings. The first-order valence-electron chi connectivity index (χ1n) is 9.46. The van der Waals surface area contributed by atoms with Crippen LogP contribution in [0.25, 0.3) is 0 Å². The number of hydrogen-bond acceptors (Lipinski definition) is 5. The molecule has 6 nitrogen and oxygen atoms in total. The second-order valence-electron chi connectivity index (χ2n) is 6.98. The molecule has 4 rings (SSSR count). The van der Waals surface area contributed by atoms with Crippen molar-refractivity contribution < 1.29 is 17.2 Å². The van der Waals surface area contributed by atoms with Crippen molar-refractivity contribution in [1.82, 2.24) is 0 Å². The maximum absolute atomic E-state index is 11.3. The second-order valence-corrected chi connectivity index (χ2v) is 18.0. The molecule has 30 heavy (non-hydrogen) atoms. The monoisotopic (exact) mass is 575 g/mol. The predicted molar refractivity (Wildman–Crippen MR) is 121 cm³/mol. The number of rotatable bonds is 6. The molecule has 0 amide bonds. The molecule has 1 fully saturated rings. The Hall–Kier alpha value is -1.72. The molecule has 0 unspecified atom stereocenters. The third kappa shape index (κ3) is 4.20. The molecule has 0 bridgehead atoms. The van der Waals surface area contributed by atoms with Crippen LogP contribution in [-0.2, 0) is 12.3 Å². The first-order chi connectivity index (χ1) is 14.5. The van der Waals surface area contributed by atoms with Crippen molar-refractivity contribution in [1.29, 1.82) is 0 Å². The number of nitrogens with zero attached hydrogens (tertiary/aromatic N) is 1. The Balaban J connectivity index is 1.79. The van der Waals surface area contributed by atoms with Gasteiger partial charge in [-0.1, -0.05) is 0 Å². The second kappa shape index (κ2) is 9.19. The number of nitro groups is 1. The van der Waals surface area contributed by atoms with Gasteiger partial charge in [0.1, 0.15) is 0 Å². The van der Waals surface area contributed by atoms with Crippen LogP contribution in [0.15, 0.2) is 91.0 Å². The van der Waals surface area contributed by atoms with Crippen LogP contribution in [0.2, 0.25) is 0 Å². The van der Waals surface area contributed by atoms with Crippen LogP contribution in [0.1, 0.15) is 0 Å². The first kappa shape index (κ1) is 21.5. The van der Waals surface area contributed by atoms with Gasteiger partial charge in [0.15, 0.2) is 0 Å². The van der Waals surface area contributed by atoms with Gasteiger partial charge in [-0.2, -0.15) is 0 Å². The van der Waals surface area contributed by atoms with Gasteiger partial charge in [0.25, 0.3) is 0 Å². The van der Waals surface area contributed by atoms with E-state index in [4.69, 9.17) is 12.3 Å². The Morgan fingerprint density at radius 3 is 1.53 bits per heavy atom. The zero-order chi connectivity index (χ0) is 21.0. The van der Waals surface area contributed by atoms with E-state index in [0.717, 1.165) is 10.7 Å². The average molecular weight is 575 g/mol. The van der Waals surface area contributed by atoms with Crippen molar-refractivity contribution in [2.75, 3.05) is 13.2 Å². The van der Waals surface area contributed by atoms with Crippen LogP contribution in [-0.4, -0.2) is 48.7 Å². The molecule has 0 aliphatic carbocycles. The molecule has 0 spiro atoms. The summed E-state index contributed by atoms with van der Waals surface area (Å²) < 4.78 is 20.0. The standard InChI is InChI=1S/3C6H5.C3H4BBrNO5.Sn/c3*1-2-4-6-5-3-1;5-3(6(8)9)1-10-4(7)11-2-3;/h3*1-5H;1-2H2;/q;;;-1;+1. The van der Waals surface area contributed by atoms with Gasteiger partial charge in [0.2, 0.25) is 0 Å². The minimum atomic E-state index is -4.04. The number of halogens is 1. The van der Waals surface area contributed by atoms with Crippen LogP contribution in [0.5, 0.6) is 0 Å². The third-order valence-corrected chi connectivity index (χ3v) is 17.1. The summed E-state index contributed by atoms with van der Waals surface area (Å²) in [6.07, 6.45) is 0. The van der Waals surface area contributed by atoms with Crippen LogP contribution >= 0.6 is 15.9 Å². The van der Waals surface area contributed by atoms with Crippen molar-refractivity contribution in [3.8, 4) is 0 Å². The molecule has 0 radical (unpaired) electrons. The Kier molecular flexibility index (Phi) is 6.59. The number of hydrogen-bond donors (Lipinski definition) is 0. The van der Waals surface area contributed by atoms with E-state index in [0.29, 0.717) is 0 Å². The number of benzene rings is 3. The summed E-state index contributed by atoms with van der Waals surface area (Å²) >= 11 is -0.923. The third-order valence-electron chi connectivity index (χ3n) is 5.02. The van der Waals surface area contributed by atoms with E-state index >= 15 is 0 Å². The van der Waals surface area contributed by atoms with E-state index in [1.54, 1.807) is 0 Å². The van der Waals surface area contributed by atoms with Crippen molar-refractivity contribution in [2.45, 2.75) is 4.45 Å². The molecule has 0 atom stereocenters. The predicted octanol–water partition coefficient (Wildman–Crippen LogP) is 2.07. The molecule has 9 heteroatoms. The van der Waals surface area contributed by atoms with Crippen LogP contribution in [0.3, 0.4) is 0 Å². The topological polar surface area (TPSA) is 70.8 Å². The number of alkyl halides is 1. The summed E-state index contributed by atoms with van der Waals surface area (Å²) in [4.78, 5) is 10.9. The Morgan fingerprint density at radius 2 is 1.20 bits per heavy atom. The van der Waals surface area contributed by atoms with Crippen molar-refractivity contribution >= 4 is 52.8 Å². The zero-order valence-electron chi connectivity index (χ0n) is 16.0. The fraction of sp³-hybridized carbons (Fsp3) is 0.143. The summed E-state index contributed by atoms with van der Waals surface area (Å²) in [5, 5.41) is 11.3. The molecule has 1 heterocycles. The Morgan fingerprint density at radius 1 is 0.833 bits per heavy atom. The molecule has 1 saturated heterocycles. The minimum absolute atomic E-state index is 0.148. The molecule has 3 aromatic carbocycles. The van der Waals surface area contributed by atoms with Gasteiger partial charge in [-0.15, -0.1) is 0 Å². The summed E-state index contributed by atoms with van der Waals surface area (Å²) in [6, 6.07) is 30.3. The molecule has 3 aromatic rings. The molecule has 0 N–H and O–H groups in total. The van der Waals surface area contributed by atoms with E-state index in [9.17, 15) is 10.1 Å². The van der Waals surface area contributed by atoms with Crippen molar-refractivity contribution in [2.24, 2.45) is 0 Å². The summed E-state index contributed by atoms with van der Waals surface area (Å²) in [7, 11) is -0.993. The molecular weight excluding hydrogens is 556 g/mol. The van der Waals surface area contributed by atoms with Gasteiger partial charge in [0.05, 0.1) is 0 Å².